The van der Waals surface area contributed by atoms with E-state index in [2.05, 4.69) is 113 Å². The van der Waals surface area contributed by atoms with Crippen LogP contribution in [0.15, 0.2) is 77.4 Å². The number of hydrogen-bond acceptors (Lipinski definition) is 1. The summed E-state index contributed by atoms with van der Waals surface area (Å²) in [6.45, 7) is 17.5. The molecule has 0 N–H and O–H groups in total. The third-order valence-electron chi connectivity index (χ3n) is 5.38. The van der Waals surface area contributed by atoms with Gasteiger partial charge in [-0.25, -0.2) is 0 Å². The first-order valence-electron chi connectivity index (χ1n) is 13.4. The molecule has 0 atom stereocenters. The second-order valence-electron chi connectivity index (χ2n) is 10.1. The molecule has 1 heteroatoms. The van der Waals surface area contributed by atoms with Gasteiger partial charge in [0.2, 0.25) is 0 Å². The highest BCUT2D eigenvalue weighted by Gasteiger charge is 2.13. The van der Waals surface area contributed by atoms with Crippen molar-refractivity contribution < 1.29 is 0 Å². The lowest BCUT2D eigenvalue weighted by molar-refractivity contribution is 0.640. The zero-order chi connectivity index (χ0) is 25.3. The molecule has 0 fully saturated rings. The Balaban J connectivity index is 0.000000251. The molecule has 1 aliphatic carbocycles. The second-order valence-corrected chi connectivity index (χ2v) is 10.1. The number of nitrogens with zero attached hydrogens (tertiary/aromatic N) is 1. The second kappa shape index (κ2) is 17.1. The molecule has 2 aliphatic rings. The Labute approximate surface area is 211 Å². The standard InChI is InChI=1S/C13H16.C10H14.C8H13N.C2H6/c1-10(2)9-12-8-7-11-5-3-4-6-13(11)12;1-9(2)8-10-6-4-3-5-7-10;1-7(2)6-8-4-3-5-9-8;1-2/h3-6,8,10H,7,9H2,1-2H3;3-7,9H,8H2,1-2H3;4-5,7H,3,6H2,1-2H3;1-2H3. The number of allylic oxidation sites excluding steroid dienone is 4. The van der Waals surface area contributed by atoms with E-state index in [1.165, 1.54) is 35.2 Å². The summed E-state index contributed by atoms with van der Waals surface area (Å²) in [5, 5.41) is 0. The van der Waals surface area contributed by atoms with Crippen LogP contribution >= 0.6 is 0 Å². The molecule has 2 aromatic carbocycles. The van der Waals surface area contributed by atoms with E-state index < -0.39 is 0 Å². The number of benzene rings is 2. The quantitative estimate of drug-likeness (QED) is 0.407. The van der Waals surface area contributed by atoms with E-state index in [1.54, 1.807) is 5.57 Å². The molecule has 0 amide bonds. The molecule has 0 spiro atoms. The molecule has 0 unspecified atom stereocenters. The average molecular weight is 460 g/mol. The van der Waals surface area contributed by atoms with Crippen LogP contribution in [0.5, 0.6) is 0 Å². The van der Waals surface area contributed by atoms with Gasteiger partial charge in [0.05, 0.1) is 0 Å². The highest BCUT2D eigenvalue weighted by atomic mass is 14.7. The summed E-state index contributed by atoms with van der Waals surface area (Å²) in [6.07, 6.45) is 12.3. The van der Waals surface area contributed by atoms with Gasteiger partial charge in [0.15, 0.2) is 0 Å². The number of aliphatic imine (C=N–C) groups is 1. The van der Waals surface area contributed by atoms with Crippen LogP contribution in [0.4, 0.5) is 0 Å². The van der Waals surface area contributed by atoms with Gasteiger partial charge in [-0.1, -0.05) is 122 Å². The van der Waals surface area contributed by atoms with Gasteiger partial charge in [0.25, 0.3) is 0 Å². The van der Waals surface area contributed by atoms with Crippen LogP contribution in [-0.4, -0.2) is 6.21 Å². The zero-order valence-corrected chi connectivity index (χ0v) is 23.1. The van der Waals surface area contributed by atoms with Crippen LogP contribution < -0.4 is 0 Å². The van der Waals surface area contributed by atoms with E-state index in [1.807, 2.05) is 20.1 Å². The number of fused-ring (bicyclic) bond motifs is 1. The van der Waals surface area contributed by atoms with Crippen molar-refractivity contribution in [3.63, 3.8) is 0 Å². The summed E-state index contributed by atoms with van der Waals surface area (Å²) >= 11 is 0. The maximum Gasteiger partial charge on any atom is 0.0366 e. The van der Waals surface area contributed by atoms with E-state index in [0.29, 0.717) is 0 Å². The summed E-state index contributed by atoms with van der Waals surface area (Å²) in [4.78, 5) is 4.21. The summed E-state index contributed by atoms with van der Waals surface area (Å²) in [6, 6.07) is 19.4. The Bertz CT molecular complexity index is 882. The van der Waals surface area contributed by atoms with Crippen molar-refractivity contribution in [1.29, 1.82) is 0 Å². The summed E-state index contributed by atoms with van der Waals surface area (Å²) in [5.74, 6) is 2.27. The third kappa shape index (κ3) is 12.2. The molecule has 0 bridgehead atoms. The minimum atomic E-state index is 0.742. The van der Waals surface area contributed by atoms with Crippen molar-refractivity contribution in [1.82, 2.24) is 0 Å². The molecule has 2 aromatic rings. The van der Waals surface area contributed by atoms with Gasteiger partial charge in [-0.15, -0.1) is 0 Å². The van der Waals surface area contributed by atoms with Gasteiger partial charge >= 0.3 is 0 Å². The monoisotopic (exact) mass is 459 g/mol. The van der Waals surface area contributed by atoms with Crippen molar-refractivity contribution in [2.75, 3.05) is 0 Å². The van der Waals surface area contributed by atoms with Gasteiger partial charge in [0, 0.05) is 18.3 Å². The molecule has 4 rings (SSSR count). The van der Waals surface area contributed by atoms with Crippen LogP contribution in [0.25, 0.3) is 5.57 Å². The van der Waals surface area contributed by atoms with Crippen molar-refractivity contribution in [3.05, 3.63) is 89.1 Å². The third-order valence-corrected chi connectivity index (χ3v) is 5.38. The fourth-order valence-electron chi connectivity index (χ4n) is 4.04. The molecular formula is C33H49N. The molecule has 1 nitrogen and oxygen atoms in total. The van der Waals surface area contributed by atoms with Crippen LogP contribution in [0.2, 0.25) is 0 Å². The fraction of sp³-hybridized carbons (Fsp3) is 0.485. The number of rotatable bonds is 6. The SMILES string of the molecule is CC.CC(C)CC1=CCC=N1.CC(C)CC1=CCc2ccccc21.CC(C)Cc1ccccc1. The van der Waals surface area contributed by atoms with Crippen LogP contribution in [0, 0.1) is 17.8 Å². The summed E-state index contributed by atoms with van der Waals surface area (Å²) < 4.78 is 0. The van der Waals surface area contributed by atoms with Gasteiger partial charge in [-0.3, -0.25) is 4.99 Å². The zero-order valence-electron chi connectivity index (χ0n) is 23.1. The van der Waals surface area contributed by atoms with Gasteiger partial charge in [0.1, 0.15) is 0 Å². The van der Waals surface area contributed by atoms with Gasteiger partial charge < -0.3 is 0 Å². The average Bonchev–Trinajstić information content (AvgIpc) is 3.46. The summed E-state index contributed by atoms with van der Waals surface area (Å²) in [7, 11) is 0. The Morgan fingerprint density at radius 2 is 1.26 bits per heavy atom. The first-order valence-corrected chi connectivity index (χ1v) is 13.4. The normalized spacial score (nSPS) is 13.3. The smallest absolute Gasteiger partial charge is 0.0366 e. The molecule has 34 heavy (non-hydrogen) atoms. The Morgan fingerprint density at radius 3 is 1.82 bits per heavy atom. The molecule has 1 aliphatic heterocycles. The molecule has 0 saturated heterocycles. The highest BCUT2D eigenvalue weighted by Crippen LogP contribution is 2.31. The molecule has 186 valence electrons. The maximum absolute atomic E-state index is 4.21. The predicted octanol–water partition coefficient (Wildman–Crippen LogP) is 9.97. The van der Waals surface area contributed by atoms with E-state index in [9.17, 15) is 0 Å². The van der Waals surface area contributed by atoms with Crippen LogP contribution in [0.1, 0.15) is 91.3 Å². The first-order chi connectivity index (χ1) is 16.3. The largest absolute Gasteiger partial charge is 0.266 e. The highest BCUT2D eigenvalue weighted by molar-refractivity contribution is 5.73. The predicted molar refractivity (Wildman–Crippen MR) is 155 cm³/mol. The van der Waals surface area contributed by atoms with Crippen LogP contribution in [-0.2, 0) is 12.8 Å². The lowest BCUT2D eigenvalue weighted by Gasteiger charge is -2.07. The minimum absolute atomic E-state index is 0.742. The fourth-order valence-corrected chi connectivity index (χ4v) is 4.04. The topological polar surface area (TPSA) is 12.4 Å². The molecule has 0 aromatic heterocycles. The van der Waals surface area contributed by atoms with Crippen molar-refractivity contribution in [3.8, 4) is 0 Å². The maximum atomic E-state index is 4.21. The van der Waals surface area contributed by atoms with Crippen LogP contribution in [0.3, 0.4) is 0 Å². The Hall–Kier alpha value is -2.41. The van der Waals surface area contributed by atoms with E-state index in [-0.39, 0.29) is 0 Å². The van der Waals surface area contributed by atoms with Crippen molar-refractivity contribution >= 4 is 11.8 Å². The summed E-state index contributed by atoms with van der Waals surface area (Å²) in [5.41, 5.74) is 7.24. The van der Waals surface area contributed by atoms with E-state index in [0.717, 1.165) is 37.0 Å². The van der Waals surface area contributed by atoms with E-state index >= 15 is 0 Å². The minimum Gasteiger partial charge on any atom is -0.266 e. The van der Waals surface area contributed by atoms with E-state index in [4.69, 9.17) is 0 Å². The lowest BCUT2D eigenvalue weighted by Crippen LogP contribution is -1.92. The molecule has 1 heterocycles. The first kappa shape index (κ1) is 29.6. The van der Waals surface area contributed by atoms with Crippen molar-refractivity contribution in [2.45, 2.75) is 87.5 Å². The van der Waals surface area contributed by atoms with Crippen molar-refractivity contribution in [2.24, 2.45) is 22.7 Å². The molecular weight excluding hydrogens is 410 g/mol. The Kier molecular flexibility index (Phi) is 14.9. The molecule has 0 saturated carbocycles. The molecule has 0 radical (unpaired) electrons. The lowest BCUT2D eigenvalue weighted by atomic mass is 9.98. The van der Waals surface area contributed by atoms with Gasteiger partial charge in [-0.2, -0.15) is 0 Å². The van der Waals surface area contributed by atoms with Gasteiger partial charge in [-0.05, 0) is 65.7 Å². The number of hydrogen-bond donors (Lipinski definition) is 0. The Morgan fingerprint density at radius 1 is 0.676 bits per heavy atom.